The Morgan fingerprint density at radius 3 is 1.54 bits per heavy atom. The van der Waals surface area contributed by atoms with E-state index < -0.39 is 0 Å². The van der Waals surface area contributed by atoms with Gasteiger partial charge in [-0.2, -0.15) is 0 Å². The van der Waals surface area contributed by atoms with Gasteiger partial charge in [-0.3, -0.25) is 9.98 Å². The fourth-order valence-corrected chi connectivity index (χ4v) is 4.22. The normalized spacial score (nSPS) is 13.6. The molecule has 0 bridgehead atoms. The van der Waals surface area contributed by atoms with Crippen LogP contribution in [0.15, 0.2) is 64.6 Å². The molecule has 0 amide bonds. The summed E-state index contributed by atoms with van der Waals surface area (Å²) in [6, 6.07) is 16.3. The molecule has 0 unspecified atom stereocenters. The Hall–Kier alpha value is -3.69. The summed E-state index contributed by atoms with van der Waals surface area (Å²) < 4.78 is 38.1. The number of methoxy groups -OCH3 is 2. The molecule has 8 nitrogen and oxygen atoms in total. The van der Waals surface area contributed by atoms with Gasteiger partial charge in [-0.25, -0.2) is 4.39 Å². The number of nitrogens with one attached hydrogen (secondary N) is 2. The SMILES string of the molecule is COc1cc(C2=NCCN2)ccc1OCc1cccc(COc2ccc(C3=NCCN3)cc2OC)c1F.Cl.Cl. The minimum atomic E-state index is -0.373. The molecule has 0 fully saturated rings. The van der Waals surface area contributed by atoms with E-state index in [1.165, 1.54) is 0 Å². The van der Waals surface area contributed by atoms with E-state index in [0.29, 0.717) is 34.1 Å². The molecule has 2 aliphatic rings. The van der Waals surface area contributed by atoms with E-state index in [4.69, 9.17) is 18.9 Å². The number of aliphatic imine (C=N–C) groups is 2. The van der Waals surface area contributed by atoms with Gasteiger partial charge in [-0.1, -0.05) is 18.2 Å². The van der Waals surface area contributed by atoms with Crippen LogP contribution in [0.25, 0.3) is 0 Å². The third-order valence-electron chi connectivity index (χ3n) is 6.15. The van der Waals surface area contributed by atoms with Crippen molar-refractivity contribution >= 4 is 36.5 Å². The maximum Gasteiger partial charge on any atom is 0.161 e. The first kappa shape index (κ1) is 29.9. The van der Waals surface area contributed by atoms with Gasteiger partial charge in [0.2, 0.25) is 0 Å². The van der Waals surface area contributed by atoms with Crippen molar-refractivity contribution in [3.8, 4) is 23.0 Å². The fourth-order valence-electron chi connectivity index (χ4n) is 4.22. The quantitative estimate of drug-likeness (QED) is 0.368. The van der Waals surface area contributed by atoms with Crippen molar-refractivity contribution in [1.29, 1.82) is 0 Å². The van der Waals surface area contributed by atoms with E-state index in [1.807, 2.05) is 36.4 Å². The number of ether oxygens (including phenoxy) is 4. The van der Waals surface area contributed by atoms with Crippen molar-refractivity contribution in [2.45, 2.75) is 13.2 Å². The van der Waals surface area contributed by atoms with Crippen molar-refractivity contribution in [3.05, 3.63) is 82.7 Å². The molecule has 0 saturated heterocycles. The van der Waals surface area contributed by atoms with Crippen molar-refractivity contribution in [2.24, 2.45) is 9.98 Å². The van der Waals surface area contributed by atoms with E-state index >= 15 is 4.39 Å². The van der Waals surface area contributed by atoms with Crippen LogP contribution >= 0.6 is 24.8 Å². The summed E-state index contributed by atoms with van der Waals surface area (Å²) in [6.45, 7) is 3.23. The zero-order chi connectivity index (χ0) is 25.6. The molecule has 2 aliphatic heterocycles. The monoisotopic (exact) mass is 576 g/mol. The van der Waals surface area contributed by atoms with Crippen LogP contribution in [0.3, 0.4) is 0 Å². The molecule has 208 valence electrons. The third kappa shape index (κ3) is 6.85. The number of halogens is 3. The summed E-state index contributed by atoms with van der Waals surface area (Å²) in [7, 11) is 3.15. The van der Waals surface area contributed by atoms with Crippen LogP contribution in [-0.4, -0.2) is 52.1 Å². The summed E-state index contributed by atoms with van der Waals surface area (Å²) in [5.41, 5.74) is 2.68. The molecular weight excluding hydrogens is 546 g/mol. The van der Waals surface area contributed by atoms with Crippen LogP contribution in [0.4, 0.5) is 4.39 Å². The van der Waals surface area contributed by atoms with Crippen LogP contribution in [0.5, 0.6) is 23.0 Å². The van der Waals surface area contributed by atoms with Crippen molar-refractivity contribution in [2.75, 3.05) is 40.4 Å². The second-order valence-corrected chi connectivity index (χ2v) is 8.51. The van der Waals surface area contributed by atoms with E-state index in [-0.39, 0.29) is 43.8 Å². The van der Waals surface area contributed by atoms with E-state index in [0.717, 1.165) is 49.0 Å². The molecular formula is C28H31Cl2FN4O4. The Morgan fingerprint density at radius 2 is 1.15 bits per heavy atom. The lowest BCUT2D eigenvalue weighted by Crippen LogP contribution is -2.19. The highest BCUT2D eigenvalue weighted by molar-refractivity contribution is 6.00. The molecule has 0 saturated carbocycles. The highest BCUT2D eigenvalue weighted by Gasteiger charge is 2.16. The van der Waals surface area contributed by atoms with E-state index in [9.17, 15) is 0 Å². The predicted octanol–water partition coefficient (Wildman–Crippen LogP) is 4.54. The molecule has 3 aromatic rings. The predicted molar refractivity (Wildman–Crippen MR) is 154 cm³/mol. The average molecular weight is 577 g/mol. The molecule has 5 rings (SSSR count). The van der Waals surface area contributed by atoms with Gasteiger partial charge >= 0.3 is 0 Å². The molecule has 11 heteroatoms. The zero-order valence-electron chi connectivity index (χ0n) is 21.7. The van der Waals surface area contributed by atoms with Gasteiger partial charge in [-0.15, -0.1) is 24.8 Å². The van der Waals surface area contributed by atoms with Gasteiger partial charge in [-0.05, 0) is 36.4 Å². The van der Waals surface area contributed by atoms with Crippen LogP contribution in [-0.2, 0) is 13.2 Å². The molecule has 39 heavy (non-hydrogen) atoms. The number of nitrogens with zero attached hydrogens (tertiary/aromatic N) is 2. The Morgan fingerprint density at radius 1 is 0.692 bits per heavy atom. The first-order chi connectivity index (χ1) is 18.2. The summed E-state index contributed by atoms with van der Waals surface area (Å²) in [6.07, 6.45) is 0. The zero-order valence-corrected chi connectivity index (χ0v) is 23.3. The van der Waals surface area contributed by atoms with E-state index in [1.54, 1.807) is 32.4 Å². The Balaban J connectivity index is 0.00000210. The van der Waals surface area contributed by atoms with Gasteiger partial charge in [0, 0.05) is 35.3 Å². The summed E-state index contributed by atoms with van der Waals surface area (Å²) in [5, 5.41) is 6.48. The molecule has 2 N–H and O–H groups in total. The Kier molecular flexibility index (Phi) is 10.7. The Labute approximate surface area is 239 Å². The highest BCUT2D eigenvalue weighted by atomic mass is 35.5. The lowest BCUT2D eigenvalue weighted by atomic mass is 10.1. The van der Waals surface area contributed by atoms with Gasteiger partial charge < -0.3 is 29.6 Å². The van der Waals surface area contributed by atoms with Gasteiger partial charge in [0.15, 0.2) is 23.0 Å². The summed E-state index contributed by atoms with van der Waals surface area (Å²) >= 11 is 0. The minimum Gasteiger partial charge on any atom is -0.493 e. The van der Waals surface area contributed by atoms with Crippen LogP contribution in [0, 0.1) is 5.82 Å². The second kappa shape index (κ2) is 13.9. The molecule has 0 aromatic heterocycles. The summed E-state index contributed by atoms with van der Waals surface area (Å²) in [4.78, 5) is 8.86. The Bertz CT molecular complexity index is 1260. The number of benzene rings is 3. The van der Waals surface area contributed by atoms with Gasteiger partial charge in [0.05, 0.1) is 27.3 Å². The maximum absolute atomic E-state index is 15.3. The first-order valence-corrected chi connectivity index (χ1v) is 12.1. The summed E-state index contributed by atoms with van der Waals surface area (Å²) in [5.74, 6) is 3.46. The maximum atomic E-state index is 15.3. The van der Waals surface area contributed by atoms with Crippen molar-refractivity contribution in [1.82, 2.24) is 10.6 Å². The van der Waals surface area contributed by atoms with Gasteiger partial charge in [0.25, 0.3) is 0 Å². The van der Waals surface area contributed by atoms with Crippen molar-refractivity contribution in [3.63, 3.8) is 0 Å². The number of rotatable bonds is 10. The fraction of sp³-hybridized carbons (Fsp3) is 0.286. The van der Waals surface area contributed by atoms with E-state index in [2.05, 4.69) is 20.6 Å². The number of hydrogen-bond donors (Lipinski definition) is 2. The van der Waals surface area contributed by atoms with Crippen LogP contribution in [0.2, 0.25) is 0 Å². The molecule has 0 spiro atoms. The molecule has 0 radical (unpaired) electrons. The van der Waals surface area contributed by atoms with Crippen molar-refractivity contribution < 1.29 is 23.3 Å². The third-order valence-corrected chi connectivity index (χ3v) is 6.15. The number of hydrogen-bond acceptors (Lipinski definition) is 8. The number of amidine groups is 2. The highest BCUT2D eigenvalue weighted by Crippen LogP contribution is 2.31. The molecule has 0 atom stereocenters. The standard InChI is InChI=1S/C28H29FN4O4.2ClH/c1-34-24-14-18(27-30-10-11-31-27)6-8-22(24)36-16-20-4-3-5-21(26(20)29)17-37-23-9-7-19(15-25(23)35-2)28-32-12-13-33-28;;/h3-9,14-15H,10-13,16-17H2,1-2H3,(H,30,31)(H,32,33);2*1H. The lowest BCUT2D eigenvalue weighted by molar-refractivity contribution is 0.270. The lowest BCUT2D eigenvalue weighted by Gasteiger charge is -2.15. The molecule has 0 aliphatic carbocycles. The van der Waals surface area contributed by atoms with Crippen LogP contribution in [0.1, 0.15) is 22.3 Å². The van der Waals surface area contributed by atoms with Crippen LogP contribution < -0.4 is 29.6 Å². The smallest absolute Gasteiger partial charge is 0.161 e. The second-order valence-electron chi connectivity index (χ2n) is 8.51. The topological polar surface area (TPSA) is 85.7 Å². The largest absolute Gasteiger partial charge is 0.493 e. The molecule has 2 heterocycles. The first-order valence-electron chi connectivity index (χ1n) is 12.1. The van der Waals surface area contributed by atoms with Gasteiger partial charge in [0.1, 0.15) is 30.7 Å². The average Bonchev–Trinajstić information content (AvgIpc) is 3.67. The molecule has 3 aromatic carbocycles. The minimum absolute atomic E-state index is 0.